The molecule has 0 radical (unpaired) electrons. The average Bonchev–Trinajstić information content (AvgIpc) is 3.06. The van der Waals surface area contributed by atoms with E-state index >= 15 is 0 Å². The molecule has 1 unspecified atom stereocenters. The van der Waals surface area contributed by atoms with E-state index in [-0.39, 0.29) is 6.04 Å². The van der Waals surface area contributed by atoms with E-state index in [2.05, 4.69) is 56.6 Å². The van der Waals surface area contributed by atoms with E-state index in [4.69, 9.17) is 4.52 Å². The molecule has 0 saturated heterocycles. The highest BCUT2D eigenvalue weighted by Gasteiger charge is 2.18. The molecule has 6 heteroatoms. The van der Waals surface area contributed by atoms with Gasteiger partial charge in [0.15, 0.2) is 0 Å². The van der Waals surface area contributed by atoms with Crippen molar-refractivity contribution < 1.29 is 4.52 Å². The first-order valence-electron chi connectivity index (χ1n) is 8.50. The summed E-state index contributed by atoms with van der Waals surface area (Å²) < 4.78 is 5.25. The van der Waals surface area contributed by atoms with Crippen LogP contribution in [0.1, 0.15) is 28.6 Å². The molecule has 0 spiro atoms. The summed E-state index contributed by atoms with van der Waals surface area (Å²) in [7, 11) is 0. The number of anilines is 1. The molecule has 4 aromatic rings. The summed E-state index contributed by atoms with van der Waals surface area (Å²) in [4.78, 5) is 13.1. The van der Waals surface area contributed by atoms with E-state index < -0.39 is 0 Å². The van der Waals surface area contributed by atoms with Gasteiger partial charge in [-0.25, -0.2) is 4.98 Å². The van der Waals surface area contributed by atoms with E-state index in [1.54, 1.807) is 6.20 Å². The average molecular weight is 345 g/mol. The minimum absolute atomic E-state index is 0.0358. The molecule has 4 rings (SSSR count). The number of hydrogen-bond acceptors (Lipinski definition) is 6. The lowest BCUT2D eigenvalue weighted by molar-refractivity contribution is 0.442. The number of pyridine rings is 1. The van der Waals surface area contributed by atoms with Crippen molar-refractivity contribution in [3.8, 4) is 0 Å². The van der Waals surface area contributed by atoms with Gasteiger partial charge in [0.25, 0.3) is 5.71 Å². The first-order chi connectivity index (χ1) is 12.7. The summed E-state index contributed by atoms with van der Waals surface area (Å²) in [5.41, 5.74) is 4.67. The van der Waals surface area contributed by atoms with Crippen molar-refractivity contribution >= 4 is 16.9 Å². The van der Waals surface area contributed by atoms with Crippen molar-refractivity contribution in [2.24, 2.45) is 0 Å². The molecule has 0 fully saturated rings. The van der Waals surface area contributed by atoms with Gasteiger partial charge in [-0.3, -0.25) is 4.98 Å². The quantitative estimate of drug-likeness (QED) is 0.588. The van der Waals surface area contributed by atoms with E-state index in [0.29, 0.717) is 11.5 Å². The van der Waals surface area contributed by atoms with Crippen LogP contribution >= 0.6 is 0 Å². The molecule has 130 valence electrons. The maximum absolute atomic E-state index is 5.25. The number of hydrogen-bond donors (Lipinski definition) is 1. The molecular weight excluding hydrogens is 326 g/mol. The molecule has 0 aliphatic carbocycles. The fraction of sp³-hybridized carbons (Fsp3) is 0.200. The van der Waals surface area contributed by atoms with Crippen LogP contribution in [-0.2, 0) is 6.42 Å². The van der Waals surface area contributed by atoms with E-state index in [1.807, 2.05) is 25.1 Å². The number of aromatic nitrogens is 4. The van der Waals surface area contributed by atoms with Crippen LogP contribution in [0.4, 0.5) is 5.82 Å². The molecule has 3 aromatic heterocycles. The molecule has 0 amide bonds. The Labute approximate surface area is 151 Å². The molecule has 0 saturated carbocycles. The summed E-state index contributed by atoms with van der Waals surface area (Å²) in [5.74, 6) is 0.705. The molecular formula is C20H19N5O. The van der Waals surface area contributed by atoms with Crippen molar-refractivity contribution in [1.29, 1.82) is 0 Å². The van der Waals surface area contributed by atoms with Gasteiger partial charge < -0.3 is 9.84 Å². The summed E-state index contributed by atoms with van der Waals surface area (Å²) in [6, 6.07) is 14.4. The predicted molar refractivity (Wildman–Crippen MR) is 99.8 cm³/mol. The Morgan fingerprint density at radius 2 is 1.85 bits per heavy atom. The summed E-state index contributed by atoms with van der Waals surface area (Å²) in [5, 5.41) is 8.31. The van der Waals surface area contributed by atoms with Crippen LogP contribution in [0.2, 0.25) is 0 Å². The normalized spacial score (nSPS) is 12.2. The number of fused-ring (bicyclic) bond motifs is 1. The number of benzene rings is 1. The van der Waals surface area contributed by atoms with Gasteiger partial charge in [-0.2, -0.15) is 4.98 Å². The summed E-state index contributed by atoms with van der Waals surface area (Å²) in [6.07, 6.45) is 4.07. The van der Waals surface area contributed by atoms with Crippen LogP contribution in [0.25, 0.3) is 11.1 Å². The van der Waals surface area contributed by atoms with Crippen molar-refractivity contribution in [1.82, 2.24) is 20.1 Å². The smallest absolute Gasteiger partial charge is 0.263 e. The third kappa shape index (κ3) is 3.26. The van der Waals surface area contributed by atoms with Crippen molar-refractivity contribution in [3.05, 3.63) is 77.5 Å². The lowest BCUT2D eigenvalue weighted by atomic mass is 10.0. The van der Waals surface area contributed by atoms with Gasteiger partial charge in [-0.05, 0) is 38.0 Å². The van der Waals surface area contributed by atoms with Gasteiger partial charge in [0.1, 0.15) is 17.5 Å². The minimum Gasteiger partial charge on any atom is -0.361 e. The van der Waals surface area contributed by atoms with Crippen LogP contribution in [0, 0.1) is 13.8 Å². The van der Waals surface area contributed by atoms with Gasteiger partial charge in [0.2, 0.25) is 0 Å². The Morgan fingerprint density at radius 3 is 2.62 bits per heavy atom. The number of nitrogens with zero attached hydrogens (tertiary/aromatic N) is 4. The van der Waals surface area contributed by atoms with Crippen molar-refractivity contribution in [3.63, 3.8) is 0 Å². The number of aryl methyl sites for hydroxylation is 2. The Hall–Kier alpha value is -3.28. The van der Waals surface area contributed by atoms with Crippen LogP contribution in [-0.4, -0.2) is 20.1 Å². The highest BCUT2D eigenvalue weighted by atomic mass is 16.5. The Balaban J connectivity index is 1.70. The minimum atomic E-state index is -0.0358. The highest BCUT2D eigenvalue weighted by Crippen LogP contribution is 2.27. The van der Waals surface area contributed by atoms with Gasteiger partial charge in [0, 0.05) is 6.20 Å². The second kappa shape index (κ2) is 6.92. The Bertz CT molecular complexity index is 1010. The van der Waals surface area contributed by atoms with E-state index in [1.165, 1.54) is 17.5 Å². The fourth-order valence-electron chi connectivity index (χ4n) is 2.97. The molecule has 1 aromatic carbocycles. The SMILES string of the molecule is Cc1ccc(CC(Nc2ncnc3onc(C)c23)c2ccccn2)cc1. The van der Waals surface area contributed by atoms with Crippen LogP contribution in [0.3, 0.4) is 0 Å². The lowest BCUT2D eigenvalue weighted by Gasteiger charge is -2.19. The maximum atomic E-state index is 5.25. The van der Waals surface area contributed by atoms with Crippen LogP contribution in [0.15, 0.2) is 59.5 Å². The summed E-state index contributed by atoms with van der Waals surface area (Å²) >= 11 is 0. The highest BCUT2D eigenvalue weighted by molar-refractivity contribution is 5.87. The zero-order chi connectivity index (χ0) is 17.9. The third-order valence-corrected chi connectivity index (χ3v) is 4.36. The maximum Gasteiger partial charge on any atom is 0.263 e. The number of nitrogens with one attached hydrogen (secondary N) is 1. The molecule has 1 N–H and O–H groups in total. The van der Waals surface area contributed by atoms with Crippen molar-refractivity contribution in [2.75, 3.05) is 5.32 Å². The largest absolute Gasteiger partial charge is 0.361 e. The first-order valence-corrected chi connectivity index (χ1v) is 8.50. The second-order valence-electron chi connectivity index (χ2n) is 6.31. The zero-order valence-electron chi connectivity index (χ0n) is 14.7. The summed E-state index contributed by atoms with van der Waals surface area (Å²) in [6.45, 7) is 3.97. The second-order valence-corrected chi connectivity index (χ2v) is 6.31. The van der Waals surface area contributed by atoms with Crippen LogP contribution in [0.5, 0.6) is 0 Å². The van der Waals surface area contributed by atoms with E-state index in [0.717, 1.165) is 23.2 Å². The molecule has 6 nitrogen and oxygen atoms in total. The Kier molecular flexibility index (Phi) is 4.31. The van der Waals surface area contributed by atoms with Gasteiger partial charge in [-0.1, -0.05) is 41.1 Å². The Morgan fingerprint density at radius 1 is 1.00 bits per heavy atom. The molecule has 0 bridgehead atoms. The van der Waals surface area contributed by atoms with Gasteiger partial charge >= 0.3 is 0 Å². The topological polar surface area (TPSA) is 76.7 Å². The van der Waals surface area contributed by atoms with E-state index in [9.17, 15) is 0 Å². The molecule has 0 aliphatic heterocycles. The first kappa shape index (κ1) is 16.2. The standard InChI is InChI=1S/C20H19N5O/c1-13-6-8-15(9-7-13)11-17(16-5-3-4-10-21-16)24-19-18-14(2)25-26-20(18)23-12-22-19/h3-10,12,17H,11H2,1-2H3,(H,22,23,24). The lowest BCUT2D eigenvalue weighted by Crippen LogP contribution is -2.16. The monoisotopic (exact) mass is 345 g/mol. The fourth-order valence-corrected chi connectivity index (χ4v) is 2.97. The third-order valence-electron chi connectivity index (χ3n) is 4.36. The molecule has 0 aliphatic rings. The molecule has 1 atom stereocenters. The zero-order valence-corrected chi connectivity index (χ0v) is 14.7. The predicted octanol–water partition coefficient (Wildman–Crippen LogP) is 4.03. The van der Waals surface area contributed by atoms with Crippen molar-refractivity contribution in [2.45, 2.75) is 26.3 Å². The molecule has 26 heavy (non-hydrogen) atoms. The van der Waals surface area contributed by atoms with Gasteiger partial charge in [-0.15, -0.1) is 0 Å². The molecule has 3 heterocycles. The number of rotatable bonds is 5. The van der Waals surface area contributed by atoms with Crippen LogP contribution < -0.4 is 5.32 Å². The van der Waals surface area contributed by atoms with Gasteiger partial charge in [0.05, 0.1) is 17.4 Å².